The maximum Gasteiger partial charge on any atom is 0.285 e. The van der Waals surface area contributed by atoms with Gasteiger partial charge in [-0.25, -0.2) is 5.10 Å². The molecule has 6 heteroatoms. The van der Waals surface area contributed by atoms with E-state index in [1.807, 2.05) is 0 Å². The average molecular weight is 294 g/mol. The normalized spacial score (nSPS) is 15.4. The summed E-state index contributed by atoms with van der Waals surface area (Å²) in [6.45, 7) is 1.59. The fourth-order valence-electron chi connectivity index (χ4n) is 2.17. The molecule has 0 spiro atoms. The fourth-order valence-corrected chi connectivity index (χ4v) is 3.18. The number of nitrogens with one attached hydrogen (secondary N) is 1. The highest BCUT2D eigenvalue weighted by atomic mass is 35.5. The number of H-pyrrole nitrogens is 1. The topological polar surface area (TPSA) is 49.0 Å². The smallest absolute Gasteiger partial charge is 0.285 e. The highest BCUT2D eigenvalue weighted by Crippen LogP contribution is 2.29. The van der Waals surface area contributed by atoms with Gasteiger partial charge in [-0.2, -0.15) is 5.10 Å². The zero-order chi connectivity index (χ0) is 13.2. The minimum atomic E-state index is -0.341. The van der Waals surface area contributed by atoms with E-state index < -0.39 is 0 Å². The first-order chi connectivity index (χ1) is 9.25. The monoisotopic (exact) mass is 293 g/mol. The van der Waals surface area contributed by atoms with E-state index in [0.29, 0.717) is 5.69 Å². The Kier molecular flexibility index (Phi) is 3.40. The standard InChI is InChI=1S/C13H12ClN3OS/c14-12-10(8-15-16-13(12)18)17-5-3-9(4-6-17)11-2-1-7-19-11/h1-3,7-8H,4-6H2,(H,16,18). The van der Waals surface area contributed by atoms with Crippen LogP contribution in [0.25, 0.3) is 5.57 Å². The summed E-state index contributed by atoms with van der Waals surface area (Å²) in [5, 5.41) is 8.43. The van der Waals surface area contributed by atoms with Crippen molar-refractivity contribution in [1.29, 1.82) is 0 Å². The molecule has 3 heterocycles. The molecule has 2 aromatic heterocycles. The lowest BCUT2D eigenvalue weighted by molar-refractivity contribution is 0.822. The van der Waals surface area contributed by atoms with Gasteiger partial charge in [0.1, 0.15) is 5.02 Å². The zero-order valence-electron chi connectivity index (χ0n) is 10.1. The number of hydrogen-bond donors (Lipinski definition) is 1. The van der Waals surface area contributed by atoms with E-state index >= 15 is 0 Å². The van der Waals surface area contributed by atoms with Gasteiger partial charge < -0.3 is 4.90 Å². The molecule has 98 valence electrons. The molecule has 1 aliphatic heterocycles. The van der Waals surface area contributed by atoms with Crippen molar-refractivity contribution in [2.24, 2.45) is 0 Å². The van der Waals surface area contributed by atoms with Crippen molar-refractivity contribution in [1.82, 2.24) is 10.2 Å². The van der Waals surface area contributed by atoms with Crippen LogP contribution in [0.2, 0.25) is 5.02 Å². The van der Waals surface area contributed by atoms with Gasteiger partial charge in [0, 0.05) is 18.0 Å². The molecule has 0 bridgehead atoms. The molecule has 0 atom stereocenters. The van der Waals surface area contributed by atoms with E-state index in [-0.39, 0.29) is 10.6 Å². The second kappa shape index (κ2) is 5.19. The number of thiophene rings is 1. The maximum atomic E-state index is 11.4. The fraction of sp³-hybridized carbons (Fsp3) is 0.231. The van der Waals surface area contributed by atoms with Crippen LogP contribution >= 0.6 is 22.9 Å². The van der Waals surface area contributed by atoms with Crippen LogP contribution in [-0.4, -0.2) is 23.3 Å². The van der Waals surface area contributed by atoms with Gasteiger partial charge in [0.2, 0.25) is 0 Å². The molecular formula is C13H12ClN3OS. The van der Waals surface area contributed by atoms with Crippen LogP contribution in [0.15, 0.2) is 34.6 Å². The molecule has 1 N–H and O–H groups in total. The molecule has 1 aliphatic rings. The number of aromatic amines is 1. The third kappa shape index (κ3) is 2.43. The number of rotatable bonds is 2. The van der Waals surface area contributed by atoms with Crippen molar-refractivity contribution in [2.75, 3.05) is 18.0 Å². The summed E-state index contributed by atoms with van der Waals surface area (Å²) in [4.78, 5) is 14.8. The van der Waals surface area contributed by atoms with Gasteiger partial charge in [-0.05, 0) is 23.4 Å². The maximum absolute atomic E-state index is 11.4. The second-order valence-electron chi connectivity index (χ2n) is 4.30. The summed E-state index contributed by atoms with van der Waals surface area (Å²) in [5.74, 6) is 0. The lowest BCUT2D eigenvalue weighted by Gasteiger charge is -2.28. The van der Waals surface area contributed by atoms with Gasteiger partial charge in [-0.15, -0.1) is 11.3 Å². The lowest BCUT2D eigenvalue weighted by atomic mass is 10.1. The molecule has 3 rings (SSSR count). The van der Waals surface area contributed by atoms with Crippen LogP contribution in [0.5, 0.6) is 0 Å². The Morgan fingerprint density at radius 3 is 3.05 bits per heavy atom. The summed E-state index contributed by atoms with van der Waals surface area (Å²) in [6, 6.07) is 4.19. The minimum absolute atomic E-state index is 0.211. The molecule has 0 aliphatic carbocycles. The van der Waals surface area contributed by atoms with Crippen molar-refractivity contribution in [3.05, 3.63) is 50.0 Å². The molecule has 0 saturated heterocycles. The predicted molar refractivity (Wildman–Crippen MR) is 79.0 cm³/mol. The van der Waals surface area contributed by atoms with Gasteiger partial charge in [0.25, 0.3) is 5.56 Å². The van der Waals surface area contributed by atoms with E-state index in [1.54, 1.807) is 17.5 Å². The number of anilines is 1. The first-order valence-electron chi connectivity index (χ1n) is 5.97. The van der Waals surface area contributed by atoms with Gasteiger partial charge in [-0.3, -0.25) is 4.79 Å². The molecule has 0 fully saturated rings. The number of aromatic nitrogens is 2. The molecule has 4 nitrogen and oxygen atoms in total. The first-order valence-corrected chi connectivity index (χ1v) is 7.22. The Bertz CT molecular complexity index is 663. The van der Waals surface area contributed by atoms with Gasteiger partial charge in [-0.1, -0.05) is 23.7 Å². The van der Waals surface area contributed by atoms with E-state index in [0.717, 1.165) is 19.5 Å². The van der Waals surface area contributed by atoms with Gasteiger partial charge >= 0.3 is 0 Å². The molecule has 0 saturated carbocycles. The quantitative estimate of drug-likeness (QED) is 0.926. The van der Waals surface area contributed by atoms with Crippen molar-refractivity contribution in [3.8, 4) is 0 Å². The Morgan fingerprint density at radius 1 is 1.47 bits per heavy atom. The largest absolute Gasteiger partial charge is 0.365 e. The van der Waals surface area contributed by atoms with E-state index in [4.69, 9.17) is 11.6 Å². The molecule has 0 aromatic carbocycles. The highest BCUT2D eigenvalue weighted by molar-refractivity contribution is 7.11. The summed E-state index contributed by atoms with van der Waals surface area (Å²) in [6.07, 6.45) is 4.74. The summed E-state index contributed by atoms with van der Waals surface area (Å²) in [5.41, 5.74) is 1.72. The van der Waals surface area contributed by atoms with Crippen molar-refractivity contribution in [2.45, 2.75) is 6.42 Å². The Labute approximate surface area is 119 Å². The average Bonchev–Trinajstić information content (AvgIpc) is 2.96. The zero-order valence-corrected chi connectivity index (χ0v) is 11.7. The lowest BCUT2D eigenvalue weighted by Crippen LogP contribution is -2.30. The Morgan fingerprint density at radius 2 is 2.37 bits per heavy atom. The van der Waals surface area contributed by atoms with Crippen LogP contribution in [0.1, 0.15) is 11.3 Å². The summed E-state index contributed by atoms with van der Waals surface area (Å²) >= 11 is 7.77. The predicted octanol–water partition coefficient (Wildman–Crippen LogP) is 2.78. The summed E-state index contributed by atoms with van der Waals surface area (Å²) < 4.78 is 0. The minimum Gasteiger partial charge on any atom is -0.365 e. The number of halogens is 1. The molecular weight excluding hydrogens is 282 g/mol. The van der Waals surface area contributed by atoms with Crippen LogP contribution in [0.3, 0.4) is 0 Å². The molecule has 19 heavy (non-hydrogen) atoms. The third-order valence-electron chi connectivity index (χ3n) is 3.16. The SMILES string of the molecule is O=c1[nH]ncc(N2CC=C(c3cccs3)CC2)c1Cl. The third-order valence-corrected chi connectivity index (χ3v) is 4.48. The van der Waals surface area contributed by atoms with E-state index in [1.165, 1.54) is 10.5 Å². The molecule has 0 unspecified atom stereocenters. The molecule has 2 aromatic rings. The second-order valence-corrected chi connectivity index (χ2v) is 5.63. The van der Waals surface area contributed by atoms with E-state index in [9.17, 15) is 4.79 Å². The van der Waals surface area contributed by atoms with Gasteiger partial charge in [0.05, 0.1) is 11.9 Å². The van der Waals surface area contributed by atoms with Crippen molar-refractivity contribution in [3.63, 3.8) is 0 Å². The Hall–Kier alpha value is -1.59. The van der Waals surface area contributed by atoms with Crippen LogP contribution in [-0.2, 0) is 0 Å². The van der Waals surface area contributed by atoms with Crippen LogP contribution in [0.4, 0.5) is 5.69 Å². The summed E-state index contributed by atoms with van der Waals surface area (Å²) in [7, 11) is 0. The van der Waals surface area contributed by atoms with Crippen LogP contribution < -0.4 is 10.5 Å². The highest BCUT2D eigenvalue weighted by Gasteiger charge is 2.17. The van der Waals surface area contributed by atoms with Crippen LogP contribution in [0, 0.1) is 0 Å². The van der Waals surface area contributed by atoms with E-state index in [2.05, 4.69) is 38.7 Å². The number of hydrogen-bond acceptors (Lipinski definition) is 4. The Balaban J connectivity index is 1.84. The molecule has 0 amide bonds. The van der Waals surface area contributed by atoms with Crippen molar-refractivity contribution < 1.29 is 0 Å². The van der Waals surface area contributed by atoms with Gasteiger partial charge in [0.15, 0.2) is 0 Å². The molecule has 0 radical (unpaired) electrons. The number of nitrogens with zero attached hydrogens (tertiary/aromatic N) is 2. The van der Waals surface area contributed by atoms with Crippen molar-refractivity contribution >= 4 is 34.2 Å². The first kappa shape index (κ1) is 12.4.